The van der Waals surface area contributed by atoms with E-state index in [1.807, 2.05) is 0 Å². The van der Waals surface area contributed by atoms with Crippen LogP contribution < -0.4 is 0 Å². The van der Waals surface area contributed by atoms with Crippen LogP contribution in [0, 0.1) is 17.7 Å². The predicted octanol–water partition coefficient (Wildman–Crippen LogP) is 2.15. The van der Waals surface area contributed by atoms with Crippen LogP contribution in [0.2, 0.25) is 0 Å². The molecule has 0 saturated heterocycles. The van der Waals surface area contributed by atoms with Gasteiger partial charge in [-0.3, -0.25) is 4.90 Å². The Morgan fingerprint density at radius 1 is 1.24 bits per heavy atom. The molecule has 0 aliphatic rings. The summed E-state index contributed by atoms with van der Waals surface area (Å²) in [4.78, 5) is 2.22. The molecule has 0 unspecified atom stereocenters. The van der Waals surface area contributed by atoms with E-state index < -0.39 is 0 Å². The largest absolute Gasteiger partial charge is 0.396 e. The second-order valence-corrected chi connectivity index (χ2v) is 5.22. The van der Waals surface area contributed by atoms with Crippen LogP contribution in [0.15, 0.2) is 18.2 Å². The highest BCUT2D eigenvalue weighted by Gasteiger charge is 2.12. The van der Waals surface area contributed by atoms with Gasteiger partial charge in [0.2, 0.25) is 0 Å². The molecule has 21 heavy (non-hydrogen) atoms. The molecule has 0 radical (unpaired) electrons. The maximum atomic E-state index is 13.4. The van der Waals surface area contributed by atoms with E-state index in [-0.39, 0.29) is 19.0 Å². The molecule has 0 heterocycles. The highest BCUT2D eigenvalue weighted by molar-refractivity contribution is 5.41. The van der Waals surface area contributed by atoms with Gasteiger partial charge in [0.25, 0.3) is 0 Å². The first kappa shape index (κ1) is 17.6. The molecule has 4 heteroatoms. The number of benzene rings is 1. The molecule has 2 N–H and O–H groups in total. The van der Waals surface area contributed by atoms with Crippen LogP contribution in [0.1, 0.15) is 37.8 Å². The fourth-order valence-electron chi connectivity index (χ4n) is 2.03. The van der Waals surface area contributed by atoms with Gasteiger partial charge in [0.15, 0.2) is 0 Å². The molecule has 0 aliphatic carbocycles. The van der Waals surface area contributed by atoms with Crippen molar-refractivity contribution in [2.75, 3.05) is 19.8 Å². The number of rotatable bonds is 7. The quantitative estimate of drug-likeness (QED) is 0.757. The Balaban J connectivity index is 2.92. The van der Waals surface area contributed by atoms with Crippen LogP contribution >= 0.6 is 0 Å². The molecule has 0 aliphatic heterocycles. The highest BCUT2D eigenvalue weighted by Crippen LogP contribution is 2.15. The number of aliphatic hydroxyl groups is 2. The lowest BCUT2D eigenvalue weighted by Crippen LogP contribution is -2.32. The summed E-state index contributed by atoms with van der Waals surface area (Å²) in [6.07, 6.45) is 1.10. The SMILES string of the molecule is CC(C)N(CCCO)Cc1ccc(F)cc1C#CCCO. The van der Waals surface area contributed by atoms with Crippen molar-refractivity contribution in [3.63, 3.8) is 0 Å². The maximum Gasteiger partial charge on any atom is 0.124 e. The number of hydrogen-bond donors (Lipinski definition) is 2. The number of aliphatic hydroxyl groups excluding tert-OH is 2. The lowest BCUT2D eigenvalue weighted by Gasteiger charge is -2.26. The molecular weight excluding hydrogens is 269 g/mol. The Kier molecular flexibility index (Phi) is 7.99. The molecule has 1 aromatic carbocycles. The Labute approximate surface area is 126 Å². The second-order valence-electron chi connectivity index (χ2n) is 5.22. The summed E-state index contributed by atoms with van der Waals surface area (Å²) < 4.78 is 13.4. The smallest absolute Gasteiger partial charge is 0.124 e. The number of nitrogens with zero attached hydrogens (tertiary/aromatic N) is 1. The molecule has 1 rings (SSSR count). The zero-order valence-corrected chi connectivity index (χ0v) is 12.8. The Morgan fingerprint density at radius 3 is 2.62 bits per heavy atom. The van der Waals surface area contributed by atoms with Gasteiger partial charge in [-0.2, -0.15) is 0 Å². The summed E-state index contributed by atoms with van der Waals surface area (Å²) in [5, 5.41) is 17.8. The van der Waals surface area contributed by atoms with Crippen LogP contribution in [0.4, 0.5) is 4.39 Å². The minimum absolute atomic E-state index is 0.00622. The van der Waals surface area contributed by atoms with Crippen molar-refractivity contribution in [1.82, 2.24) is 4.90 Å². The summed E-state index contributed by atoms with van der Waals surface area (Å²) in [6, 6.07) is 4.97. The monoisotopic (exact) mass is 293 g/mol. The van der Waals surface area contributed by atoms with Crippen molar-refractivity contribution in [3.05, 3.63) is 35.1 Å². The average molecular weight is 293 g/mol. The molecule has 3 nitrogen and oxygen atoms in total. The molecule has 0 fully saturated rings. The molecule has 0 saturated carbocycles. The molecule has 0 atom stereocenters. The zero-order valence-electron chi connectivity index (χ0n) is 12.8. The number of hydrogen-bond acceptors (Lipinski definition) is 3. The van der Waals surface area contributed by atoms with Crippen LogP contribution in [0.3, 0.4) is 0 Å². The van der Waals surface area contributed by atoms with Crippen LogP contribution in [0.5, 0.6) is 0 Å². The molecule has 116 valence electrons. The van der Waals surface area contributed by atoms with Gasteiger partial charge in [-0.1, -0.05) is 17.9 Å². The molecule has 0 bridgehead atoms. The molecule has 1 aromatic rings. The molecule has 0 aromatic heterocycles. The van der Waals surface area contributed by atoms with Crippen molar-refractivity contribution >= 4 is 0 Å². The van der Waals surface area contributed by atoms with Gasteiger partial charge in [-0.05, 0) is 38.0 Å². The minimum Gasteiger partial charge on any atom is -0.396 e. The normalized spacial score (nSPS) is 10.8. The summed E-state index contributed by atoms with van der Waals surface area (Å²) in [7, 11) is 0. The van der Waals surface area contributed by atoms with Gasteiger partial charge in [-0.15, -0.1) is 0 Å². The Hall–Kier alpha value is -1.41. The first-order valence-corrected chi connectivity index (χ1v) is 7.31. The van der Waals surface area contributed by atoms with E-state index in [9.17, 15) is 4.39 Å². The average Bonchev–Trinajstić information content (AvgIpc) is 2.45. The maximum absolute atomic E-state index is 13.4. The van der Waals surface area contributed by atoms with E-state index in [2.05, 4.69) is 30.6 Å². The van der Waals surface area contributed by atoms with Gasteiger partial charge in [-0.25, -0.2) is 4.39 Å². The van der Waals surface area contributed by atoms with Crippen LogP contribution in [0.25, 0.3) is 0 Å². The fraction of sp³-hybridized carbons (Fsp3) is 0.529. The second kappa shape index (κ2) is 9.51. The standard InChI is InChI=1S/C17H24FNO2/c1-14(2)19(9-5-11-21)13-16-7-8-17(18)12-15(16)6-3-4-10-20/h7-8,12,14,20-21H,4-5,9-11,13H2,1-2H3. The van der Waals surface area contributed by atoms with E-state index in [1.54, 1.807) is 6.07 Å². The summed E-state index contributed by atoms with van der Waals surface area (Å²) in [5.74, 6) is 5.46. The first-order chi connectivity index (χ1) is 10.1. The molecular formula is C17H24FNO2. The van der Waals surface area contributed by atoms with Gasteiger partial charge >= 0.3 is 0 Å². The Morgan fingerprint density at radius 2 is 2.00 bits per heavy atom. The van der Waals surface area contributed by atoms with Gasteiger partial charge < -0.3 is 10.2 Å². The van der Waals surface area contributed by atoms with Crippen LogP contribution in [-0.4, -0.2) is 40.9 Å². The Bertz CT molecular complexity index is 491. The van der Waals surface area contributed by atoms with E-state index >= 15 is 0 Å². The highest BCUT2D eigenvalue weighted by atomic mass is 19.1. The summed E-state index contributed by atoms with van der Waals surface area (Å²) in [6.45, 7) is 5.81. The van der Waals surface area contributed by atoms with Crippen molar-refractivity contribution in [1.29, 1.82) is 0 Å². The van der Waals surface area contributed by atoms with Crippen molar-refractivity contribution in [3.8, 4) is 11.8 Å². The first-order valence-electron chi connectivity index (χ1n) is 7.31. The fourth-order valence-corrected chi connectivity index (χ4v) is 2.03. The van der Waals surface area contributed by atoms with E-state index in [0.29, 0.717) is 31.0 Å². The molecule has 0 amide bonds. The van der Waals surface area contributed by atoms with E-state index in [1.165, 1.54) is 12.1 Å². The third-order valence-corrected chi connectivity index (χ3v) is 3.24. The predicted molar refractivity (Wildman–Crippen MR) is 82.2 cm³/mol. The third kappa shape index (κ3) is 6.26. The van der Waals surface area contributed by atoms with Gasteiger partial charge in [0.1, 0.15) is 5.82 Å². The zero-order chi connectivity index (χ0) is 15.7. The lowest BCUT2D eigenvalue weighted by atomic mass is 10.1. The van der Waals surface area contributed by atoms with E-state index in [4.69, 9.17) is 10.2 Å². The molecule has 0 spiro atoms. The number of halogens is 1. The van der Waals surface area contributed by atoms with Crippen LogP contribution in [-0.2, 0) is 6.54 Å². The summed E-state index contributed by atoms with van der Waals surface area (Å²) >= 11 is 0. The third-order valence-electron chi connectivity index (χ3n) is 3.24. The van der Waals surface area contributed by atoms with Crippen molar-refractivity contribution in [2.45, 2.75) is 39.3 Å². The lowest BCUT2D eigenvalue weighted by molar-refractivity contribution is 0.184. The van der Waals surface area contributed by atoms with Gasteiger partial charge in [0.05, 0.1) is 6.61 Å². The topological polar surface area (TPSA) is 43.7 Å². The van der Waals surface area contributed by atoms with Crippen molar-refractivity contribution < 1.29 is 14.6 Å². The van der Waals surface area contributed by atoms with Crippen molar-refractivity contribution in [2.24, 2.45) is 0 Å². The minimum atomic E-state index is -0.307. The van der Waals surface area contributed by atoms with E-state index in [0.717, 1.165) is 12.1 Å². The van der Waals surface area contributed by atoms with Gasteiger partial charge in [0, 0.05) is 37.7 Å². The summed E-state index contributed by atoms with van der Waals surface area (Å²) in [5.41, 5.74) is 1.63.